The lowest BCUT2D eigenvalue weighted by atomic mass is 10.1. The van der Waals surface area contributed by atoms with Gasteiger partial charge in [-0.15, -0.1) is 10.2 Å². The summed E-state index contributed by atoms with van der Waals surface area (Å²) < 4.78 is 15.7. The second-order valence-electron chi connectivity index (χ2n) is 4.65. The molecule has 0 atom stereocenters. The summed E-state index contributed by atoms with van der Waals surface area (Å²) >= 11 is 0. The third-order valence-corrected chi connectivity index (χ3v) is 3.28. The first-order valence-electron chi connectivity index (χ1n) is 6.07. The lowest BCUT2D eigenvalue weighted by Gasteiger charge is -2.27. The number of benzene rings is 1. The van der Waals surface area contributed by atoms with E-state index in [0.717, 1.165) is 11.4 Å². The van der Waals surface area contributed by atoms with E-state index < -0.39 is 5.82 Å². The number of amides is 1. The molecule has 0 N–H and O–H groups in total. The molecule has 0 saturated heterocycles. The summed E-state index contributed by atoms with van der Waals surface area (Å²) in [4.78, 5) is 13.9. The van der Waals surface area contributed by atoms with E-state index in [4.69, 9.17) is 0 Å². The molecule has 1 aromatic heterocycles. The minimum Gasteiger partial charge on any atom is -0.329 e. The van der Waals surface area contributed by atoms with Crippen LogP contribution >= 0.6 is 0 Å². The van der Waals surface area contributed by atoms with E-state index in [1.165, 1.54) is 12.1 Å². The Morgan fingerprint density at radius 2 is 2.21 bits per heavy atom. The molecule has 5 nitrogen and oxygen atoms in total. The molecule has 6 heteroatoms. The Labute approximate surface area is 109 Å². The van der Waals surface area contributed by atoms with Crippen molar-refractivity contribution in [1.29, 1.82) is 0 Å². The molecule has 0 radical (unpaired) electrons. The van der Waals surface area contributed by atoms with Crippen LogP contribution in [0.1, 0.15) is 21.7 Å². The quantitative estimate of drug-likeness (QED) is 0.778. The van der Waals surface area contributed by atoms with Crippen LogP contribution in [-0.2, 0) is 13.1 Å². The molecule has 0 bridgehead atoms. The second-order valence-corrected chi connectivity index (χ2v) is 4.65. The average molecular weight is 260 g/mol. The highest BCUT2D eigenvalue weighted by Gasteiger charge is 2.24. The van der Waals surface area contributed by atoms with E-state index >= 15 is 0 Å². The van der Waals surface area contributed by atoms with Gasteiger partial charge in [0.25, 0.3) is 5.91 Å². The van der Waals surface area contributed by atoms with Crippen molar-refractivity contribution in [2.24, 2.45) is 0 Å². The van der Waals surface area contributed by atoms with E-state index in [9.17, 15) is 9.18 Å². The smallest absolute Gasteiger partial charge is 0.257 e. The summed E-state index contributed by atoms with van der Waals surface area (Å²) in [6, 6.07) is 4.65. The SMILES string of the molecule is Cc1ccc(C(=O)N2CCn3cnnc3C2)c(F)c1. The largest absolute Gasteiger partial charge is 0.329 e. The summed E-state index contributed by atoms with van der Waals surface area (Å²) in [6.07, 6.45) is 1.64. The summed E-state index contributed by atoms with van der Waals surface area (Å²) in [5, 5.41) is 7.75. The van der Waals surface area contributed by atoms with Crippen LogP contribution in [-0.4, -0.2) is 32.1 Å². The maximum atomic E-state index is 13.8. The zero-order valence-electron chi connectivity index (χ0n) is 10.5. The van der Waals surface area contributed by atoms with Crippen LogP contribution in [0.4, 0.5) is 4.39 Å². The molecule has 1 aliphatic rings. The number of nitrogens with zero attached hydrogens (tertiary/aromatic N) is 4. The first-order chi connectivity index (χ1) is 9.15. The zero-order chi connectivity index (χ0) is 13.4. The lowest BCUT2D eigenvalue weighted by molar-refractivity contribution is 0.0702. The summed E-state index contributed by atoms with van der Waals surface area (Å²) in [6.45, 7) is 3.34. The van der Waals surface area contributed by atoms with Gasteiger partial charge in [-0.05, 0) is 24.6 Å². The van der Waals surface area contributed by atoms with E-state index in [-0.39, 0.29) is 11.5 Å². The van der Waals surface area contributed by atoms with Crippen LogP contribution < -0.4 is 0 Å². The van der Waals surface area contributed by atoms with Crippen LogP contribution in [0.15, 0.2) is 24.5 Å². The molecule has 3 rings (SSSR count). The standard InChI is InChI=1S/C13H13FN4O/c1-9-2-3-10(11(14)6-9)13(19)17-4-5-18-8-15-16-12(18)7-17/h2-3,6,8H,4-5,7H2,1H3. The minimum absolute atomic E-state index is 0.110. The van der Waals surface area contributed by atoms with Crippen molar-refractivity contribution < 1.29 is 9.18 Å². The molecule has 1 aliphatic heterocycles. The van der Waals surface area contributed by atoms with Gasteiger partial charge in [0, 0.05) is 13.1 Å². The minimum atomic E-state index is -0.475. The van der Waals surface area contributed by atoms with Gasteiger partial charge in [0.2, 0.25) is 0 Å². The Balaban J connectivity index is 1.85. The number of aryl methyl sites for hydroxylation is 1. The summed E-state index contributed by atoms with van der Waals surface area (Å²) in [5.41, 5.74) is 0.908. The maximum absolute atomic E-state index is 13.8. The Bertz CT molecular complexity index is 637. The third-order valence-electron chi connectivity index (χ3n) is 3.28. The molecule has 0 saturated carbocycles. The Morgan fingerprint density at radius 3 is 3.00 bits per heavy atom. The van der Waals surface area contributed by atoms with Crippen LogP contribution in [0.5, 0.6) is 0 Å². The van der Waals surface area contributed by atoms with Gasteiger partial charge >= 0.3 is 0 Å². The molecule has 2 heterocycles. The van der Waals surface area contributed by atoms with Gasteiger partial charge in [0.15, 0.2) is 5.82 Å². The Kier molecular flexibility index (Phi) is 2.77. The molecule has 98 valence electrons. The van der Waals surface area contributed by atoms with Gasteiger partial charge in [0.05, 0.1) is 12.1 Å². The van der Waals surface area contributed by atoms with Crippen molar-refractivity contribution in [3.05, 3.63) is 47.3 Å². The number of hydrogen-bond donors (Lipinski definition) is 0. The predicted octanol–water partition coefficient (Wildman–Crippen LogP) is 1.38. The first kappa shape index (κ1) is 11.8. The highest BCUT2D eigenvalue weighted by atomic mass is 19.1. The fourth-order valence-electron chi connectivity index (χ4n) is 2.20. The molecule has 0 fully saturated rings. The van der Waals surface area contributed by atoms with E-state index in [2.05, 4.69) is 10.2 Å². The van der Waals surface area contributed by atoms with Gasteiger partial charge in [-0.1, -0.05) is 6.07 Å². The van der Waals surface area contributed by atoms with Gasteiger partial charge in [0.1, 0.15) is 12.1 Å². The molecule has 19 heavy (non-hydrogen) atoms. The van der Waals surface area contributed by atoms with Crippen LogP contribution in [0, 0.1) is 12.7 Å². The number of fused-ring (bicyclic) bond motifs is 1. The van der Waals surface area contributed by atoms with Gasteiger partial charge < -0.3 is 9.47 Å². The normalized spacial score (nSPS) is 14.3. The summed E-state index contributed by atoms with van der Waals surface area (Å²) in [7, 11) is 0. The fourth-order valence-corrected chi connectivity index (χ4v) is 2.20. The fraction of sp³-hybridized carbons (Fsp3) is 0.308. The zero-order valence-corrected chi connectivity index (χ0v) is 10.5. The lowest BCUT2D eigenvalue weighted by Crippen LogP contribution is -2.38. The molecule has 1 amide bonds. The molecule has 0 spiro atoms. The van der Waals surface area contributed by atoms with E-state index in [1.807, 2.05) is 4.57 Å². The highest BCUT2D eigenvalue weighted by Crippen LogP contribution is 2.16. The topological polar surface area (TPSA) is 51.0 Å². The number of hydrogen-bond acceptors (Lipinski definition) is 3. The molecular formula is C13H13FN4O. The average Bonchev–Trinajstić information content (AvgIpc) is 2.85. The number of rotatable bonds is 1. The van der Waals surface area contributed by atoms with Crippen LogP contribution in [0.2, 0.25) is 0 Å². The number of aromatic nitrogens is 3. The van der Waals surface area contributed by atoms with Crippen LogP contribution in [0.25, 0.3) is 0 Å². The van der Waals surface area contributed by atoms with Crippen molar-refractivity contribution >= 4 is 5.91 Å². The Morgan fingerprint density at radius 1 is 1.37 bits per heavy atom. The van der Waals surface area contributed by atoms with Crippen molar-refractivity contribution in [1.82, 2.24) is 19.7 Å². The van der Waals surface area contributed by atoms with E-state index in [1.54, 1.807) is 24.2 Å². The van der Waals surface area contributed by atoms with Crippen LogP contribution in [0.3, 0.4) is 0 Å². The highest BCUT2D eigenvalue weighted by molar-refractivity contribution is 5.94. The molecule has 0 aliphatic carbocycles. The molecule has 1 aromatic carbocycles. The number of carbonyl (C=O) groups excluding carboxylic acids is 1. The predicted molar refractivity (Wildman–Crippen MR) is 65.9 cm³/mol. The van der Waals surface area contributed by atoms with Gasteiger partial charge in [-0.2, -0.15) is 0 Å². The monoisotopic (exact) mass is 260 g/mol. The van der Waals surface area contributed by atoms with Crippen molar-refractivity contribution in [3.8, 4) is 0 Å². The van der Waals surface area contributed by atoms with Crippen molar-refractivity contribution in [2.75, 3.05) is 6.54 Å². The second kappa shape index (κ2) is 4.46. The van der Waals surface area contributed by atoms with E-state index in [0.29, 0.717) is 19.6 Å². The number of halogens is 1. The van der Waals surface area contributed by atoms with Gasteiger partial charge in [-0.3, -0.25) is 4.79 Å². The first-order valence-corrected chi connectivity index (χ1v) is 6.07. The molecule has 0 unspecified atom stereocenters. The Hall–Kier alpha value is -2.24. The maximum Gasteiger partial charge on any atom is 0.257 e. The van der Waals surface area contributed by atoms with Crippen molar-refractivity contribution in [2.45, 2.75) is 20.0 Å². The third kappa shape index (κ3) is 2.09. The van der Waals surface area contributed by atoms with Gasteiger partial charge in [-0.25, -0.2) is 4.39 Å². The molecule has 2 aromatic rings. The van der Waals surface area contributed by atoms with Crippen molar-refractivity contribution in [3.63, 3.8) is 0 Å². The number of carbonyl (C=O) groups is 1. The molecular weight excluding hydrogens is 247 g/mol. The summed E-state index contributed by atoms with van der Waals surface area (Å²) in [5.74, 6) is -0.0455.